The summed E-state index contributed by atoms with van der Waals surface area (Å²) in [5.41, 5.74) is 3.61. The molecule has 15 heavy (non-hydrogen) atoms. The maximum Gasteiger partial charge on any atom is 0.0818 e. The van der Waals surface area contributed by atoms with Crippen LogP contribution < -0.4 is 0 Å². The van der Waals surface area contributed by atoms with Crippen LogP contribution in [-0.4, -0.2) is 5.11 Å². The molecular formula is C13H16O2. The van der Waals surface area contributed by atoms with Crippen molar-refractivity contribution in [2.75, 3.05) is 0 Å². The summed E-state index contributed by atoms with van der Waals surface area (Å²) in [5, 5.41) is 10.1. The first-order valence-corrected chi connectivity index (χ1v) is 5.72. The molecule has 1 saturated carbocycles. The largest absolute Gasteiger partial charge is 0.388 e. The molecule has 1 fully saturated rings. The fraction of sp³-hybridized carbons (Fsp3) is 0.538. The summed E-state index contributed by atoms with van der Waals surface area (Å²) < 4.78 is 5.37. The molecule has 1 unspecified atom stereocenters. The van der Waals surface area contributed by atoms with Crippen LogP contribution in [0.4, 0.5) is 0 Å². The lowest BCUT2D eigenvalue weighted by Crippen LogP contribution is -2.20. The third-order valence-corrected chi connectivity index (χ3v) is 3.68. The minimum absolute atomic E-state index is 0.260. The average Bonchev–Trinajstić information content (AvgIpc) is 2.61. The van der Waals surface area contributed by atoms with E-state index in [-0.39, 0.29) is 6.10 Å². The van der Waals surface area contributed by atoms with Gasteiger partial charge in [-0.2, -0.15) is 0 Å². The number of benzene rings is 1. The van der Waals surface area contributed by atoms with Crippen molar-refractivity contribution in [1.82, 2.24) is 0 Å². The number of fused-ring (bicyclic) bond motifs is 1. The predicted molar refractivity (Wildman–Crippen MR) is 57.2 cm³/mol. The van der Waals surface area contributed by atoms with Crippen molar-refractivity contribution in [1.29, 1.82) is 0 Å². The van der Waals surface area contributed by atoms with Crippen molar-refractivity contribution in [3.63, 3.8) is 0 Å². The van der Waals surface area contributed by atoms with Gasteiger partial charge in [0, 0.05) is 0 Å². The second-order valence-corrected chi connectivity index (χ2v) is 4.66. The molecule has 1 atom stereocenters. The lowest BCUT2D eigenvalue weighted by molar-refractivity contribution is 0.0620. The van der Waals surface area contributed by atoms with Gasteiger partial charge in [-0.1, -0.05) is 24.6 Å². The Labute approximate surface area is 89.9 Å². The Hall–Kier alpha value is -0.860. The molecule has 0 radical (unpaired) electrons. The molecule has 1 aromatic carbocycles. The second-order valence-electron chi connectivity index (χ2n) is 4.66. The summed E-state index contributed by atoms with van der Waals surface area (Å²) in [6.45, 7) is 1.44. The fourth-order valence-corrected chi connectivity index (χ4v) is 2.40. The van der Waals surface area contributed by atoms with Crippen LogP contribution in [0.25, 0.3) is 0 Å². The first-order chi connectivity index (χ1) is 7.34. The van der Waals surface area contributed by atoms with E-state index in [2.05, 4.69) is 18.2 Å². The van der Waals surface area contributed by atoms with Crippen LogP contribution in [0.15, 0.2) is 18.2 Å². The molecule has 80 valence electrons. The maximum atomic E-state index is 10.1. The number of hydrogen-bond donors (Lipinski definition) is 1. The van der Waals surface area contributed by atoms with Crippen LogP contribution in [-0.2, 0) is 18.0 Å². The molecule has 2 aliphatic rings. The van der Waals surface area contributed by atoms with E-state index in [0.717, 1.165) is 12.2 Å². The summed E-state index contributed by atoms with van der Waals surface area (Å²) in [4.78, 5) is 0. The van der Waals surface area contributed by atoms with Gasteiger partial charge in [0.25, 0.3) is 0 Å². The Morgan fingerprint density at radius 1 is 1.20 bits per heavy atom. The molecule has 0 spiro atoms. The van der Waals surface area contributed by atoms with E-state index in [1.807, 2.05) is 0 Å². The highest BCUT2D eigenvalue weighted by Crippen LogP contribution is 2.38. The Morgan fingerprint density at radius 3 is 2.73 bits per heavy atom. The van der Waals surface area contributed by atoms with Crippen molar-refractivity contribution < 1.29 is 9.84 Å². The molecule has 1 aliphatic heterocycles. The Morgan fingerprint density at radius 2 is 2.00 bits per heavy atom. The number of rotatable bonds is 2. The number of hydrogen-bond acceptors (Lipinski definition) is 2. The standard InChI is InChI=1S/C13H16O2/c14-13(9-2-1-3-9)10-4-5-11-7-15-8-12(11)6-10/h4-6,9,13-14H,1-3,7-8H2. The molecule has 0 bridgehead atoms. The second kappa shape index (κ2) is 3.62. The minimum atomic E-state index is -0.260. The van der Waals surface area contributed by atoms with Crippen molar-refractivity contribution in [3.8, 4) is 0 Å². The molecule has 1 aliphatic carbocycles. The number of aliphatic hydroxyl groups is 1. The molecular weight excluding hydrogens is 188 g/mol. The van der Waals surface area contributed by atoms with Crippen molar-refractivity contribution in [2.24, 2.45) is 5.92 Å². The van der Waals surface area contributed by atoms with Crippen LogP contribution in [0, 0.1) is 5.92 Å². The normalized spacial score (nSPS) is 22.2. The van der Waals surface area contributed by atoms with Gasteiger partial charge >= 0.3 is 0 Å². The highest BCUT2D eigenvalue weighted by molar-refractivity contribution is 5.34. The zero-order chi connectivity index (χ0) is 10.3. The van der Waals surface area contributed by atoms with E-state index >= 15 is 0 Å². The van der Waals surface area contributed by atoms with E-state index in [1.54, 1.807) is 0 Å². The van der Waals surface area contributed by atoms with Gasteiger partial charge in [0.1, 0.15) is 0 Å². The molecule has 0 aromatic heterocycles. The van der Waals surface area contributed by atoms with E-state index in [9.17, 15) is 5.11 Å². The summed E-state index contributed by atoms with van der Waals surface area (Å²) in [7, 11) is 0. The summed E-state index contributed by atoms with van der Waals surface area (Å²) in [6.07, 6.45) is 3.36. The molecule has 3 rings (SSSR count). The SMILES string of the molecule is OC(c1ccc2c(c1)COC2)C1CCC1. The van der Waals surface area contributed by atoms with Gasteiger partial charge in [-0.05, 0) is 35.4 Å². The van der Waals surface area contributed by atoms with Gasteiger partial charge in [-0.25, -0.2) is 0 Å². The first kappa shape index (κ1) is 9.37. The Kier molecular flexibility index (Phi) is 2.26. The third kappa shape index (κ3) is 1.58. The lowest BCUT2D eigenvalue weighted by Gasteiger charge is -2.30. The van der Waals surface area contributed by atoms with E-state index < -0.39 is 0 Å². The highest BCUT2D eigenvalue weighted by atomic mass is 16.5. The molecule has 2 heteroatoms. The summed E-state index contributed by atoms with van der Waals surface area (Å²) in [6, 6.07) is 6.27. The summed E-state index contributed by atoms with van der Waals surface area (Å²) in [5.74, 6) is 0.491. The fourth-order valence-electron chi connectivity index (χ4n) is 2.40. The van der Waals surface area contributed by atoms with Crippen molar-refractivity contribution in [3.05, 3.63) is 34.9 Å². The molecule has 1 aromatic rings. The van der Waals surface area contributed by atoms with Crippen molar-refractivity contribution >= 4 is 0 Å². The maximum absolute atomic E-state index is 10.1. The molecule has 1 N–H and O–H groups in total. The average molecular weight is 204 g/mol. The highest BCUT2D eigenvalue weighted by Gasteiger charge is 2.27. The molecule has 0 amide bonds. The zero-order valence-corrected chi connectivity index (χ0v) is 8.78. The van der Waals surface area contributed by atoms with Crippen LogP contribution in [0.5, 0.6) is 0 Å². The van der Waals surface area contributed by atoms with Gasteiger partial charge < -0.3 is 9.84 Å². The smallest absolute Gasteiger partial charge is 0.0818 e. The molecule has 1 heterocycles. The monoisotopic (exact) mass is 204 g/mol. The topological polar surface area (TPSA) is 29.5 Å². The van der Waals surface area contributed by atoms with Gasteiger partial charge in [0.05, 0.1) is 19.3 Å². The van der Waals surface area contributed by atoms with E-state index in [4.69, 9.17) is 4.74 Å². The first-order valence-electron chi connectivity index (χ1n) is 5.72. The van der Waals surface area contributed by atoms with Crippen molar-refractivity contribution in [2.45, 2.75) is 38.6 Å². The van der Waals surface area contributed by atoms with Gasteiger partial charge in [-0.15, -0.1) is 0 Å². The Bertz CT molecular complexity index is 369. The van der Waals surface area contributed by atoms with Crippen LogP contribution >= 0.6 is 0 Å². The molecule has 0 saturated heterocycles. The number of ether oxygens (including phenoxy) is 1. The lowest BCUT2D eigenvalue weighted by atomic mass is 9.78. The van der Waals surface area contributed by atoms with Crippen LogP contribution in [0.1, 0.15) is 42.1 Å². The third-order valence-electron chi connectivity index (χ3n) is 3.68. The summed E-state index contributed by atoms with van der Waals surface area (Å²) >= 11 is 0. The van der Waals surface area contributed by atoms with Gasteiger partial charge in [-0.3, -0.25) is 0 Å². The zero-order valence-electron chi connectivity index (χ0n) is 8.78. The predicted octanol–water partition coefficient (Wildman–Crippen LogP) is 2.55. The quantitative estimate of drug-likeness (QED) is 0.802. The van der Waals surface area contributed by atoms with Crippen LogP contribution in [0.2, 0.25) is 0 Å². The minimum Gasteiger partial charge on any atom is -0.388 e. The van der Waals surface area contributed by atoms with E-state index in [1.165, 1.54) is 30.4 Å². The Balaban J connectivity index is 1.85. The van der Waals surface area contributed by atoms with Crippen LogP contribution in [0.3, 0.4) is 0 Å². The van der Waals surface area contributed by atoms with Gasteiger partial charge in [0.2, 0.25) is 0 Å². The number of aliphatic hydroxyl groups excluding tert-OH is 1. The van der Waals surface area contributed by atoms with Gasteiger partial charge in [0.15, 0.2) is 0 Å². The molecule has 2 nitrogen and oxygen atoms in total. The van der Waals surface area contributed by atoms with E-state index in [0.29, 0.717) is 12.5 Å².